The summed E-state index contributed by atoms with van der Waals surface area (Å²) in [6, 6.07) is 5.57. The van der Waals surface area contributed by atoms with E-state index in [4.69, 9.17) is 16.3 Å². The Hall–Kier alpha value is -0.970. The Balaban J connectivity index is 0.00000220. The van der Waals surface area contributed by atoms with Gasteiger partial charge in [-0.25, -0.2) is 0 Å². The lowest BCUT2D eigenvalue weighted by atomic mass is 10.1. The number of hydrogen-bond donors (Lipinski definition) is 2. The molecule has 2 rings (SSSR count). The highest BCUT2D eigenvalue weighted by atomic mass is 35.5. The maximum atomic E-state index is 11.8. The van der Waals surface area contributed by atoms with Gasteiger partial charge in [-0.2, -0.15) is 0 Å². The fourth-order valence-electron chi connectivity index (χ4n) is 2.26. The van der Waals surface area contributed by atoms with Gasteiger partial charge in [-0.15, -0.1) is 12.4 Å². The van der Waals surface area contributed by atoms with E-state index in [2.05, 4.69) is 10.6 Å². The molecule has 1 saturated heterocycles. The van der Waals surface area contributed by atoms with Crippen LogP contribution in [0.3, 0.4) is 0 Å². The van der Waals surface area contributed by atoms with E-state index in [0.29, 0.717) is 18.2 Å². The van der Waals surface area contributed by atoms with E-state index in [9.17, 15) is 4.79 Å². The lowest BCUT2D eigenvalue weighted by Gasteiger charge is -2.11. The van der Waals surface area contributed by atoms with Crippen molar-refractivity contribution < 1.29 is 9.53 Å². The number of rotatable bonds is 6. The Labute approximate surface area is 137 Å². The Bertz CT molecular complexity index is 463. The molecule has 4 nitrogen and oxygen atoms in total. The topological polar surface area (TPSA) is 50.4 Å². The number of ether oxygens (including phenoxy) is 1. The molecule has 0 bridgehead atoms. The minimum absolute atomic E-state index is 0. The van der Waals surface area contributed by atoms with Crippen LogP contribution in [0.15, 0.2) is 18.2 Å². The van der Waals surface area contributed by atoms with Crippen molar-refractivity contribution in [1.82, 2.24) is 10.6 Å². The molecular formula is C15H22Cl2N2O2. The number of benzene rings is 1. The zero-order valence-electron chi connectivity index (χ0n) is 12.2. The lowest BCUT2D eigenvalue weighted by molar-refractivity contribution is -0.124. The third-order valence-electron chi connectivity index (χ3n) is 3.45. The summed E-state index contributed by atoms with van der Waals surface area (Å²) in [7, 11) is 0. The average molecular weight is 333 g/mol. The molecule has 0 aliphatic carbocycles. The molecule has 1 unspecified atom stereocenters. The van der Waals surface area contributed by atoms with Crippen LogP contribution in [0, 0.1) is 12.8 Å². The molecule has 1 fully saturated rings. The second-order valence-corrected chi connectivity index (χ2v) is 5.53. The van der Waals surface area contributed by atoms with E-state index >= 15 is 0 Å². The fourth-order valence-corrected chi connectivity index (χ4v) is 2.49. The summed E-state index contributed by atoms with van der Waals surface area (Å²) in [5.41, 5.74) is 1.03. The van der Waals surface area contributed by atoms with E-state index in [1.807, 2.05) is 25.1 Å². The molecule has 1 aromatic carbocycles. The van der Waals surface area contributed by atoms with Gasteiger partial charge in [0.25, 0.3) is 0 Å². The molecule has 0 radical (unpaired) electrons. The molecule has 1 aliphatic rings. The van der Waals surface area contributed by atoms with Crippen molar-refractivity contribution in [3.8, 4) is 5.75 Å². The summed E-state index contributed by atoms with van der Waals surface area (Å²) in [5, 5.41) is 6.86. The largest absolute Gasteiger partial charge is 0.493 e. The summed E-state index contributed by atoms with van der Waals surface area (Å²) in [6.07, 6.45) is 1.74. The highest BCUT2D eigenvalue weighted by molar-refractivity contribution is 6.30. The predicted octanol–water partition coefficient (Wildman–Crippen LogP) is 2.56. The number of carbonyl (C=O) groups is 1. The van der Waals surface area contributed by atoms with Crippen molar-refractivity contribution in [1.29, 1.82) is 0 Å². The molecule has 1 heterocycles. The monoisotopic (exact) mass is 332 g/mol. The van der Waals surface area contributed by atoms with Gasteiger partial charge >= 0.3 is 0 Å². The molecular weight excluding hydrogens is 311 g/mol. The zero-order chi connectivity index (χ0) is 14.4. The summed E-state index contributed by atoms with van der Waals surface area (Å²) in [5.74, 6) is 1.13. The Kier molecular flexibility index (Phi) is 7.86. The standard InChI is InChI=1S/C15H21ClN2O2.ClH/c1-11-9-13(16)3-4-14(11)20-8-2-6-18-15(19)12-5-7-17-10-12;/h3-4,9,12,17H,2,5-8,10H2,1H3,(H,18,19);1H. The van der Waals surface area contributed by atoms with Crippen LogP contribution in [-0.2, 0) is 4.79 Å². The van der Waals surface area contributed by atoms with E-state index in [1.165, 1.54) is 0 Å². The van der Waals surface area contributed by atoms with Crippen molar-refractivity contribution >= 4 is 29.9 Å². The van der Waals surface area contributed by atoms with Crippen LogP contribution < -0.4 is 15.4 Å². The van der Waals surface area contributed by atoms with Crippen LogP contribution in [-0.4, -0.2) is 32.1 Å². The molecule has 0 spiro atoms. The number of amides is 1. The first-order valence-corrected chi connectivity index (χ1v) is 7.42. The number of nitrogens with one attached hydrogen (secondary N) is 2. The van der Waals surface area contributed by atoms with Gasteiger partial charge in [-0.1, -0.05) is 11.6 Å². The third-order valence-corrected chi connectivity index (χ3v) is 3.68. The highest BCUT2D eigenvalue weighted by Gasteiger charge is 2.21. The smallest absolute Gasteiger partial charge is 0.224 e. The number of carbonyl (C=O) groups excluding carboxylic acids is 1. The quantitative estimate of drug-likeness (QED) is 0.787. The Morgan fingerprint density at radius 1 is 1.52 bits per heavy atom. The van der Waals surface area contributed by atoms with Gasteiger partial charge in [-0.3, -0.25) is 4.79 Å². The summed E-state index contributed by atoms with van der Waals surface area (Å²) < 4.78 is 5.68. The van der Waals surface area contributed by atoms with Crippen molar-refractivity contribution in [2.75, 3.05) is 26.2 Å². The average Bonchev–Trinajstić information content (AvgIpc) is 2.94. The summed E-state index contributed by atoms with van der Waals surface area (Å²) in [6.45, 7) is 4.95. The van der Waals surface area contributed by atoms with Crippen molar-refractivity contribution in [3.05, 3.63) is 28.8 Å². The van der Waals surface area contributed by atoms with Crippen LogP contribution in [0.1, 0.15) is 18.4 Å². The van der Waals surface area contributed by atoms with Gasteiger partial charge in [0.2, 0.25) is 5.91 Å². The van der Waals surface area contributed by atoms with Gasteiger partial charge in [0.05, 0.1) is 12.5 Å². The zero-order valence-corrected chi connectivity index (χ0v) is 13.7. The first kappa shape index (κ1) is 18.1. The third kappa shape index (κ3) is 5.73. The fraction of sp³-hybridized carbons (Fsp3) is 0.533. The molecule has 0 saturated carbocycles. The van der Waals surface area contributed by atoms with Gasteiger partial charge < -0.3 is 15.4 Å². The predicted molar refractivity (Wildman–Crippen MR) is 87.5 cm³/mol. The Morgan fingerprint density at radius 3 is 3.00 bits per heavy atom. The maximum Gasteiger partial charge on any atom is 0.224 e. The second-order valence-electron chi connectivity index (χ2n) is 5.09. The minimum Gasteiger partial charge on any atom is -0.493 e. The van der Waals surface area contributed by atoms with Gasteiger partial charge in [0.1, 0.15) is 5.75 Å². The van der Waals surface area contributed by atoms with E-state index < -0.39 is 0 Å². The molecule has 1 atom stereocenters. The summed E-state index contributed by atoms with van der Waals surface area (Å²) >= 11 is 5.89. The highest BCUT2D eigenvalue weighted by Crippen LogP contribution is 2.21. The van der Waals surface area contributed by atoms with Crippen molar-refractivity contribution in [2.24, 2.45) is 5.92 Å². The molecule has 1 aromatic rings. The first-order chi connectivity index (χ1) is 9.66. The molecule has 118 valence electrons. The van der Waals surface area contributed by atoms with Gasteiger partial charge in [0.15, 0.2) is 0 Å². The molecule has 1 aliphatic heterocycles. The van der Waals surface area contributed by atoms with E-state index in [1.54, 1.807) is 0 Å². The first-order valence-electron chi connectivity index (χ1n) is 7.04. The molecule has 2 N–H and O–H groups in total. The number of halogens is 2. The van der Waals surface area contributed by atoms with Crippen LogP contribution in [0.5, 0.6) is 5.75 Å². The van der Waals surface area contributed by atoms with Crippen molar-refractivity contribution in [3.63, 3.8) is 0 Å². The lowest BCUT2D eigenvalue weighted by Crippen LogP contribution is -2.33. The van der Waals surface area contributed by atoms with Crippen molar-refractivity contribution in [2.45, 2.75) is 19.8 Å². The minimum atomic E-state index is 0. The molecule has 6 heteroatoms. The SMILES string of the molecule is Cc1cc(Cl)ccc1OCCCNC(=O)C1CCNC1.Cl. The molecule has 1 amide bonds. The normalized spacial score (nSPS) is 17.1. The van der Waals surface area contributed by atoms with E-state index in [-0.39, 0.29) is 24.2 Å². The second kappa shape index (κ2) is 9.13. The van der Waals surface area contributed by atoms with Crippen LogP contribution in [0.25, 0.3) is 0 Å². The van der Waals surface area contributed by atoms with Crippen LogP contribution in [0.4, 0.5) is 0 Å². The van der Waals surface area contributed by atoms with Gasteiger partial charge in [0, 0.05) is 18.1 Å². The number of aryl methyl sites for hydroxylation is 1. The van der Waals surface area contributed by atoms with E-state index in [0.717, 1.165) is 37.2 Å². The number of hydrogen-bond acceptors (Lipinski definition) is 3. The maximum absolute atomic E-state index is 11.8. The van der Waals surface area contributed by atoms with Crippen LogP contribution >= 0.6 is 24.0 Å². The Morgan fingerprint density at radius 2 is 2.33 bits per heavy atom. The molecule has 0 aromatic heterocycles. The van der Waals surface area contributed by atoms with Gasteiger partial charge in [-0.05, 0) is 50.1 Å². The van der Waals surface area contributed by atoms with Crippen LogP contribution in [0.2, 0.25) is 5.02 Å². The summed E-state index contributed by atoms with van der Waals surface area (Å²) in [4.78, 5) is 11.8. The molecule has 21 heavy (non-hydrogen) atoms.